The van der Waals surface area contributed by atoms with Crippen LogP contribution in [-0.2, 0) is 4.79 Å². The maximum atomic E-state index is 10.6. The number of fused-ring (bicyclic) bond motifs is 1. The van der Waals surface area contributed by atoms with Gasteiger partial charge in [-0.2, -0.15) is 4.98 Å². The van der Waals surface area contributed by atoms with E-state index in [1.165, 1.54) is 0 Å². The van der Waals surface area contributed by atoms with Crippen molar-refractivity contribution in [1.29, 1.82) is 0 Å². The number of rotatable bonds is 6. The molecule has 0 bridgehead atoms. The SMILES string of the molecule is C=O.Cc1cc2cc(-c3c(C)nc(Nc4ccccc4)nc3N[C@@H]3C[C@H](CO)[C@@H](O)[C@H]3O)oc2c(C)n1.Cl. The summed E-state index contributed by atoms with van der Waals surface area (Å²) in [5.74, 6) is 1.01. The minimum Gasteiger partial charge on any atom is -0.454 e. The molecule has 202 valence electrons. The van der Waals surface area contributed by atoms with Crippen molar-refractivity contribution in [2.45, 2.75) is 45.4 Å². The molecule has 4 aromatic rings. The Labute approximate surface area is 226 Å². The van der Waals surface area contributed by atoms with Gasteiger partial charge in [0.15, 0.2) is 5.58 Å². The summed E-state index contributed by atoms with van der Waals surface area (Å²) in [4.78, 5) is 21.9. The Morgan fingerprint density at radius 3 is 2.37 bits per heavy atom. The number of aryl methyl sites for hydroxylation is 3. The second kappa shape index (κ2) is 12.3. The number of aliphatic hydroxyl groups is 3. The fraction of sp³-hybridized carbons (Fsp3) is 0.333. The van der Waals surface area contributed by atoms with Crippen molar-refractivity contribution in [1.82, 2.24) is 15.0 Å². The number of aromatic nitrogens is 3. The van der Waals surface area contributed by atoms with E-state index in [4.69, 9.17) is 14.2 Å². The Morgan fingerprint density at radius 1 is 1.00 bits per heavy atom. The predicted molar refractivity (Wildman–Crippen MR) is 148 cm³/mol. The van der Waals surface area contributed by atoms with Crippen LogP contribution in [0.5, 0.6) is 0 Å². The zero-order valence-corrected chi connectivity index (χ0v) is 22.2. The molecule has 5 N–H and O–H groups in total. The van der Waals surface area contributed by atoms with E-state index >= 15 is 0 Å². The van der Waals surface area contributed by atoms with Gasteiger partial charge >= 0.3 is 0 Å². The lowest BCUT2D eigenvalue weighted by molar-refractivity contribution is -0.0980. The quantitative estimate of drug-likeness (QED) is 0.244. The molecule has 10 nitrogen and oxygen atoms in total. The minimum atomic E-state index is -1.05. The molecule has 0 aliphatic heterocycles. The molecule has 5 rings (SSSR count). The van der Waals surface area contributed by atoms with Gasteiger partial charge in [-0.1, -0.05) is 18.2 Å². The first-order valence-electron chi connectivity index (χ1n) is 11.9. The van der Waals surface area contributed by atoms with Crippen LogP contribution in [0.25, 0.3) is 22.3 Å². The average molecular weight is 542 g/mol. The highest BCUT2D eigenvalue weighted by molar-refractivity contribution is 5.87. The van der Waals surface area contributed by atoms with Gasteiger partial charge in [0.25, 0.3) is 0 Å². The van der Waals surface area contributed by atoms with Gasteiger partial charge in [0.05, 0.1) is 29.1 Å². The maximum Gasteiger partial charge on any atom is 0.229 e. The Morgan fingerprint density at radius 2 is 1.71 bits per heavy atom. The minimum absolute atomic E-state index is 0. The smallest absolute Gasteiger partial charge is 0.229 e. The van der Waals surface area contributed by atoms with Crippen molar-refractivity contribution < 1.29 is 24.5 Å². The van der Waals surface area contributed by atoms with Crippen molar-refractivity contribution in [3.05, 3.63) is 59.5 Å². The molecular formula is C27H32ClN5O5. The molecular weight excluding hydrogens is 510 g/mol. The lowest BCUT2D eigenvalue weighted by Gasteiger charge is -2.21. The van der Waals surface area contributed by atoms with E-state index in [1.807, 2.05) is 70.0 Å². The molecule has 1 aromatic carbocycles. The van der Waals surface area contributed by atoms with E-state index in [-0.39, 0.29) is 19.0 Å². The fourth-order valence-corrected chi connectivity index (χ4v) is 4.79. The summed E-state index contributed by atoms with van der Waals surface area (Å²) < 4.78 is 6.22. The van der Waals surface area contributed by atoms with E-state index in [9.17, 15) is 15.3 Å². The van der Waals surface area contributed by atoms with Gasteiger partial charge in [0.1, 0.15) is 24.5 Å². The van der Waals surface area contributed by atoms with Crippen molar-refractivity contribution in [3.63, 3.8) is 0 Å². The molecule has 3 aromatic heterocycles. The fourth-order valence-electron chi connectivity index (χ4n) is 4.79. The molecule has 11 heteroatoms. The summed E-state index contributed by atoms with van der Waals surface area (Å²) in [6.45, 7) is 7.51. The lowest BCUT2D eigenvalue weighted by Crippen LogP contribution is -2.35. The zero-order chi connectivity index (χ0) is 26.7. The van der Waals surface area contributed by atoms with Gasteiger partial charge in [-0.25, -0.2) is 4.98 Å². The number of benzene rings is 1. The summed E-state index contributed by atoms with van der Waals surface area (Å²) in [6, 6.07) is 13.0. The highest BCUT2D eigenvalue weighted by Gasteiger charge is 2.41. The third-order valence-corrected chi connectivity index (χ3v) is 6.52. The lowest BCUT2D eigenvalue weighted by atomic mass is 10.1. The second-order valence-corrected chi connectivity index (χ2v) is 9.14. The molecule has 0 saturated heterocycles. The highest BCUT2D eigenvalue weighted by atomic mass is 35.5. The number of halogens is 1. The zero-order valence-electron chi connectivity index (χ0n) is 21.4. The number of nitrogens with one attached hydrogen (secondary N) is 2. The van der Waals surface area contributed by atoms with Crippen molar-refractivity contribution >= 4 is 47.6 Å². The van der Waals surface area contributed by atoms with Crippen molar-refractivity contribution in [2.75, 3.05) is 17.2 Å². The van der Waals surface area contributed by atoms with Crippen LogP contribution in [0.15, 0.2) is 46.9 Å². The molecule has 38 heavy (non-hydrogen) atoms. The normalized spacial score (nSPS) is 20.4. The van der Waals surface area contributed by atoms with Crippen LogP contribution < -0.4 is 10.6 Å². The number of pyridine rings is 1. The standard InChI is InChI=1S/C26H29N5O4.CH2O.ClH/c1-13-9-16-11-20(35-24(16)15(3)27-13)21-14(2)28-26(29-18-7-5-4-6-8-18)31-25(21)30-19-10-17(12-32)22(33)23(19)34;1-2;/h4-9,11,17,19,22-23,32-34H,10,12H2,1-3H3,(H2,28,29,30,31);1H2;1H/t17-,19-,22-,23+;;/m1../s1. The van der Waals surface area contributed by atoms with Gasteiger partial charge in [-0.3, -0.25) is 4.98 Å². The number of para-hydroxylation sites is 1. The number of carbonyl (C=O) groups excluding carboxylic acids is 1. The Balaban J connectivity index is 0.00000130. The van der Waals surface area contributed by atoms with Gasteiger partial charge in [0, 0.05) is 29.3 Å². The van der Waals surface area contributed by atoms with Crippen molar-refractivity contribution in [3.8, 4) is 11.3 Å². The van der Waals surface area contributed by atoms with E-state index in [0.29, 0.717) is 40.8 Å². The van der Waals surface area contributed by atoms with Crippen LogP contribution in [0.1, 0.15) is 23.5 Å². The number of anilines is 3. The molecule has 0 unspecified atom stereocenters. The van der Waals surface area contributed by atoms with E-state index in [1.54, 1.807) is 0 Å². The summed E-state index contributed by atoms with van der Waals surface area (Å²) in [5, 5.41) is 38.0. The Bertz CT molecular complexity index is 1380. The molecule has 1 saturated carbocycles. The number of nitrogens with zero attached hydrogens (tertiary/aromatic N) is 3. The van der Waals surface area contributed by atoms with E-state index in [2.05, 4.69) is 20.6 Å². The van der Waals surface area contributed by atoms with Crippen LogP contribution in [0.4, 0.5) is 17.5 Å². The largest absolute Gasteiger partial charge is 0.454 e. The first kappa shape index (κ1) is 29.0. The van der Waals surface area contributed by atoms with Crippen LogP contribution in [-0.4, -0.2) is 61.9 Å². The number of carbonyl (C=O) groups is 1. The summed E-state index contributed by atoms with van der Waals surface area (Å²) >= 11 is 0. The predicted octanol–water partition coefficient (Wildman–Crippen LogP) is 3.71. The Kier molecular flexibility index (Phi) is 9.40. The van der Waals surface area contributed by atoms with E-state index in [0.717, 1.165) is 22.5 Å². The summed E-state index contributed by atoms with van der Waals surface area (Å²) in [6.07, 6.45) is -1.68. The van der Waals surface area contributed by atoms with Crippen LogP contribution in [0, 0.1) is 26.7 Å². The number of hydrogen-bond acceptors (Lipinski definition) is 10. The molecule has 4 atom stereocenters. The third-order valence-electron chi connectivity index (χ3n) is 6.52. The second-order valence-electron chi connectivity index (χ2n) is 9.14. The topological polar surface area (TPSA) is 154 Å². The first-order chi connectivity index (χ1) is 17.8. The molecule has 1 fully saturated rings. The number of furan rings is 1. The van der Waals surface area contributed by atoms with Gasteiger partial charge < -0.3 is 35.2 Å². The molecule has 0 spiro atoms. The Hall–Kier alpha value is -3.57. The van der Waals surface area contributed by atoms with Gasteiger partial charge in [0.2, 0.25) is 5.95 Å². The average Bonchev–Trinajstić information content (AvgIpc) is 3.42. The summed E-state index contributed by atoms with van der Waals surface area (Å²) in [5.41, 5.74) is 4.55. The molecule has 0 radical (unpaired) electrons. The number of aliphatic hydroxyl groups excluding tert-OH is 3. The molecule has 1 aliphatic rings. The number of hydrogen-bond donors (Lipinski definition) is 5. The van der Waals surface area contributed by atoms with Gasteiger partial charge in [-0.15, -0.1) is 12.4 Å². The van der Waals surface area contributed by atoms with Gasteiger partial charge in [-0.05, 0) is 51.5 Å². The third kappa shape index (κ3) is 5.78. The van der Waals surface area contributed by atoms with Crippen molar-refractivity contribution in [2.24, 2.45) is 5.92 Å². The van der Waals surface area contributed by atoms with Crippen LogP contribution in [0.2, 0.25) is 0 Å². The summed E-state index contributed by atoms with van der Waals surface area (Å²) in [7, 11) is 0. The van der Waals surface area contributed by atoms with Crippen LogP contribution in [0.3, 0.4) is 0 Å². The first-order valence-corrected chi connectivity index (χ1v) is 11.9. The monoisotopic (exact) mass is 541 g/mol. The maximum absolute atomic E-state index is 10.6. The molecule has 0 amide bonds. The molecule has 3 heterocycles. The molecule has 1 aliphatic carbocycles. The van der Waals surface area contributed by atoms with E-state index < -0.39 is 24.2 Å². The van der Waals surface area contributed by atoms with Crippen LogP contribution >= 0.6 is 12.4 Å². The highest BCUT2D eigenvalue weighted by Crippen LogP contribution is 2.38.